The third-order valence-electron chi connectivity index (χ3n) is 2.62. The second kappa shape index (κ2) is 5.28. The van der Waals surface area contributed by atoms with Crippen molar-refractivity contribution < 1.29 is 19.4 Å². The lowest BCUT2D eigenvalue weighted by Crippen LogP contribution is -2.19. The van der Waals surface area contributed by atoms with Crippen molar-refractivity contribution in [2.24, 2.45) is 0 Å². The number of methoxy groups -OCH3 is 1. The van der Waals surface area contributed by atoms with Crippen molar-refractivity contribution in [3.05, 3.63) is 42.7 Å². The van der Waals surface area contributed by atoms with Crippen molar-refractivity contribution in [2.75, 3.05) is 7.11 Å². The highest BCUT2D eigenvalue weighted by Crippen LogP contribution is 2.31. The first kappa shape index (κ1) is 14.6. The van der Waals surface area contributed by atoms with E-state index in [1.807, 2.05) is 0 Å². The van der Waals surface area contributed by atoms with Crippen LogP contribution in [0.25, 0.3) is 10.1 Å². The molecule has 1 heterocycles. The molecule has 0 spiro atoms. The van der Waals surface area contributed by atoms with Crippen LogP contribution in [0.4, 0.5) is 11.4 Å². The van der Waals surface area contributed by atoms with Crippen LogP contribution in [0.15, 0.2) is 16.9 Å². The summed E-state index contributed by atoms with van der Waals surface area (Å²) in [6.07, 6.45) is 0. The monoisotopic (exact) mass is 313 g/mol. The fourth-order valence-electron chi connectivity index (χ4n) is 1.69. The van der Waals surface area contributed by atoms with Gasteiger partial charge in [-0.15, -0.1) is 0 Å². The lowest BCUT2D eigenvalue weighted by molar-refractivity contribution is -0.393. The molecule has 0 unspecified atom stereocenters. The lowest BCUT2D eigenvalue weighted by atomic mass is 10.2. The number of benzene rings is 1. The van der Waals surface area contributed by atoms with Crippen LogP contribution in [0.3, 0.4) is 0 Å². The van der Waals surface area contributed by atoms with E-state index >= 15 is 0 Å². The number of nitro benzene ring substituents is 2. The molecule has 2 aromatic rings. The van der Waals surface area contributed by atoms with E-state index in [0.717, 1.165) is 34.7 Å². The highest BCUT2D eigenvalue weighted by molar-refractivity contribution is 7.14. The Bertz CT molecular complexity index is 822. The lowest BCUT2D eigenvalue weighted by Gasteiger charge is -1.96. The predicted molar refractivity (Wildman–Crippen MR) is 71.4 cm³/mol. The Kier molecular flexibility index (Phi) is 3.67. The molecule has 0 saturated heterocycles. The minimum Gasteiger partial charge on any atom is -0.468 e. The summed E-state index contributed by atoms with van der Waals surface area (Å²) in [6.45, 7) is -0.417. The molecule has 0 fully saturated rings. The minimum absolute atomic E-state index is 0.0600. The molecule has 1 aromatic carbocycles. The van der Waals surface area contributed by atoms with Crippen LogP contribution in [0.1, 0.15) is 0 Å². The van der Waals surface area contributed by atoms with Crippen molar-refractivity contribution in [2.45, 2.75) is 6.54 Å². The number of hydrogen-bond donors (Lipinski definition) is 0. The number of esters is 1. The number of hydrogen-bond acceptors (Lipinski definition) is 8. The van der Waals surface area contributed by atoms with Gasteiger partial charge < -0.3 is 4.74 Å². The molecule has 1 aromatic heterocycles. The third kappa shape index (κ3) is 2.58. The summed E-state index contributed by atoms with van der Waals surface area (Å²) in [4.78, 5) is 43.3. The zero-order valence-corrected chi connectivity index (χ0v) is 11.3. The Balaban J connectivity index is 2.74. The van der Waals surface area contributed by atoms with E-state index in [-0.39, 0.29) is 10.1 Å². The Morgan fingerprint density at radius 1 is 1.33 bits per heavy atom. The van der Waals surface area contributed by atoms with Gasteiger partial charge in [0.2, 0.25) is 0 Å². The maximum atomic E-state index is 12.1. The molecule has 2 rings (SSSR count). The molecule has 0 radical (unpaired) electrons. The minimum atomic E-state index is -0.869. The zero-order valence-electron chi connectivity index (χ0n) is 10.5. The van der Waals surface area contributed by atoms with Gasteiger partial charge in [-0.25, -0.2) is 0 Å². The topological polar surface area (TPSA) is 135 Å². The van der Waals surface area contributed by atoms with Crippen molar-refractivity contribution >= 4 is 39.0 Å². The van der Waals surface area contributed by atoms with Gasteiger partial charge in [-0.3, -0.25) is 33.8 Å². The average Bonchev–Trinajstić information content (AvgIpc) is 2.74. The number of carbonyl (C=O) groups is 1. The first-order chi connectivity index (χ1) is 9.85. The second-order valence-electron chi connectivity index (χ2n) is 3.86. The molecule has 10 nitrogen and oxygen atoms in total. The summed E-state index contributed by atoms with van der Waals surface area (Å²) >= 11 is 0.725. The highest BCUT2D eigenvalue weighted by atomic mass is 32.1. The molecule has 0 amide bonds. The number of carbonyl (C=O) groups excluding carboxylic acids is 1. The highest BCUT2D eigenvalue weighted by Gasteiger charge is 2.25. The van der Waals surface area contributed by atoms with Gasteiger partial charge in [0.15, 0.2) is 0 Å². The number of nitro groups is 2. The SMILES string of the molecule is COC(=O)Cn1sc2cc([N+](=O)[O-])cc([N+](=O)[O-])c2c1=O. The Morgan fingerprint density at radius 2 is 2.00 bits per heavy atom. The van der Waals surface area contributed by atoms with Crippen LogP contribution >= 0.6 is 11.5 Å². The summed E-state index contributed by atoms with van der Waals surface area (Å²) < 4.78 is 5.42. The van der Waals surface area contributed by atoms with E-state index in [2.05, 4.69) is 4.74 Å². The molecule has 0 saturated carbocycles. The van der Waals surface area contributed by atoms with Crippen molar-refractivity contribution in [1.29, 1.82) is 0 Å². The normalized spacial score (nSPS) is 10.5. The zero-order chi connectivity index (χ0) is 15.7. The molecular weight excluding hydrogens is 306 g/mol. The first-order valence-electron chi connectivity index (χ1n) is 5.38. The van der Waals surface area contributed by atoms with Gasteiger partial charge in [-0.2, -0.15) is 0 Å². The van der Waals surface area contributed by atoms with Gasteiger partial charge >= 0.3 is 5.97 Å². The Morgan fingerprint density at radius 3 is 2.52 bits per heavy atom. The summed E-state index contributed by atoms with van der Waals surface area (Å²) in [5.41, 5.74) is -1.92. The number of rotatable bonds is 4. The predicted octanol–water partition coefficient (Wildman–Crippen LogP) is 1.05. The van der Waals surface area contributed by atoms with Gasteiger partial charge in [-0.05, 0) is 0 Å². The van der Waals surface area contributed by atoms with E-state index in [1.165, 1.54) is 0 Å². The first-order valence-corrected chi connectivity index (χ1v) is 6.16. The summed E-state index contributed by atoms with van der Waals surface area (Å²) in [5, 5.41) is 21.5. The van der Waals surface area contributed by atoms with Gasteiger partial charge in [0.25, 0.3) is 16.9 Å². The molecule has 11 heteroatoms. The van der Waals surface area contributed by atoms with Crippen LogP contribution in [0.5, 0.6) is 0 Å². The number of nitrogens with zero attached hydrogens (tertiary/aromatic N) is 3. The molecule has 0 aliphatic carbocycles. The van der Waals surface area contributed by atoms with E-state index < -0.39 is 39.3 Å². The maximum absolute atomic E-state index is 12.1. The van der Waals surface area contributed by atoms with Crippen LogP contribution < -0.4 is 5.56 Å². The number of aromatic nitrogens is 1. The standard InChI is InChI=1S/C10H7N3O7S/c1-20-8(14)4-11-10(15)9-6(13(18)19)2-5(12(16)17)3-7(9)21-11/h2-3H,4H2,1H3. The average molecular weight is 313 g/mol. The van der Waals surface area contributed by atoms with Crippen molar-refractivity contribution in [1.82, 2.24) is 3.96 Å². The Hall–Kier alpha value is -2.82. The van der Waals surface area contributed by atoms with Crippen LogP contribution in [0, 0.1) is 20.2 Å². The molecule has 0 atom stereocenters. The van der Waals surface area contributed by atoms with Gasteiger partial charge in [0.05, 0.1) is 27.7 Å². The smallest absolute Gasteiger partial charge is 0.326 e. The fraction of sp³-hybridized carbons (Fsp3) is 0.200. The van der Waals surface area contributed by atoms with Gasteiger partial charge in [-0.1, -0.05) is 11.5 Å². The molecule has 0 bridgehead atoms. The van der Waals surface area contributed by atoms with Gasteiger partial charge in [0.1, 0.15) is 11.9 Å². The largest absolute Gasteiger partial charge is 0.468 e. The fourth-order valence-corrected chi connectivity index (χ4v) is 2.73. The van der Waals surface area contributed by atoms with Crippen molar-refractivity contribution in [3.8, 4) is 0 Å². The second-order valence-corrected chi connectivity index (χ2v) is 4.92. The van der Waals surface area contributed by atoms with E-state index in [9.17, 15) is 29.8 Å². The summed E-state index contributed by atoms with van der Waals surface area (Å²) in [5.74, 6) is -0.708. The van der Waals surface area contributed by atoms with Crippen molar-refractivity contribution in [3.63, 3.8) is 0 Å². The molecule has 0 aliphatic rings. The van der Waals surface area contributed by atoms with E-state index in [0.29, 0.717) is 0 Å². The van der Waals surface area contributed by atoms with Crippen LogP contribution in [-0.2, 0) is 16.1 Å². The van der Waals surface area contributed by atoms with E-state index in [4.69, 9.17) is 0 Å². The quantitative estimate of drug-likeness (QED) is 0.467. The maximum Gasteiger partial charge on any atom is 0.326 e. The van der Waals surface area contributed by atoms with Crippen LogP contribution in [-0.4, -0.2) is 26.9 Å². The number of ether oxygens (including phenoxy) is 1. The van der Waals surface area contributed by atoms with E-state index in [1.54, 1.807) is 0 Å². The molecule has 0 aliphatic heterocycles. The third-order valence-corrected chi connectivity index (χ3v) is 3.66. The number of non-ortho nitro benzene ring substituents is 2. The molecule has 21 heavy (non-hydrogen) atoms. The molecular formula is C10H7N3O7S. The molecule has 0 N–H and O–H groups in total. The van der Waals surface area contributed by atoms with Gasteiger partial charge in [0, 0.05) is 6.07 Å². The Labute approximate surface area is 119 Å². The van der Waals surface area contributed by atoms with Crippen LogP contribution in [0.2, 0.25) is 0 Å². The summed E-state index contributed by atoms with van der Waals surface area (Å²) in [6, 6.07) is 1.78. The summed E-state index contributed by atoms with van der Waals surface area (Å²) in [7, 11) is 1.13. The molecule has 110 valence electrons. The number of fused-ring (bicyclic) bond motifs is 1.